The zero-order valence-electron chi connectivity index (χ0n) is 21.8. The van der Waals surface area contributed by atoms with Crippen LogP contribution in [0, 0.1) is 5.82 Å². The summed E-state index contributed by atoms with van der Waals surface area (Å²) in [6.07, 6.45) is -3.62. The minimum Gasteiger partial charge on any atom is -0.486 e. The molecule has 14 heteroatoms. The molecule has 0 fully saturated rings. The van der Waals surface area contributed by atoms with E-state index in [0.29, 0.717) is 17.2 Å². The lowest BCUT2D eigenvalue weighted by molar-refractivity contribution is -0.137. The van der Waals surface area contributed by atoms with Crippen LogP contribution in [0.1, 0.15) is 35.9 Å². The number of alkyl halides is 3. The highest BCUT2D eigenvalue weighted by Crippen LogP contribution is 2.40. The van der Waals surface area contributed by atoms with E-state index >= 15 is 0 Å². The highest BCUT2D eigenvalue weighted by atomic mass is 35.5. The first kappa shape index (κ1) is 29.4. The first-order valence-electron chi connectivity index (χ1n) is 12.5. The van der Waals surface area contributed by atoms with Gasteiger partial charge in [-0.05, 0) is 66.9 Å². The maximum Gasteiger partial charge on any atom is 0.434 e. The van der Waals surface area contributed by atoms with Gasteiger partial charge in [0.2, 0.25) is 5.89 Å². The first-order chi connectivity index (χ1) is 19.8. The number of aromatic amines is 1. The molecule has 8 nitrogen and oxygen atoms in total. The molecule has 1 aromatic heterocycles. The van der Waals surface area contributed by atoms with Crippen molar-refractivity contribution >= 4 is 39.0 Å². The van der Waals surface area contributed by atoms with Crippen molar-refractivity contribution in [3.05, 3.63) is 105 Å². The summed E-state index contributed by atoms with van der Waals surface area (Å²) in [6.45, 7) is 1.38. The number of fused-ring (bicyclic) bond motifs is 1. The minimum atomic E-state index is -4.76. The molecule has 1 N–H and O–H groups in total. The Morgan fingerprint density at radius 1 is 1.17 bits per heavy atom. The number of anilines is 1. The molecule has 0 bridgehead atoms. The van der Waals surface area contributed by atoms with Crippen molar-refractivity contribution in [2.24, 2.45) is 0 Å². The van der Waals surface area contributed by atoms with Gasteiger partial charge in [0.1, 0.15) is 17.7 Å². The van der Waals surface area contributed by atoms with Crippen LogP contribution in [0.15, 0.2) is 74.8 Å². The molecule has 1 atom stereocenters. The predicted octanol–water partition coefficient (Wildman–Crippen LogP) is 6.32. The van der Waals surface area contributed by atoms with Crippen LogP contribution in [0.3, 0.4) is 0 Å². The first-order valence-corrected chi connectivity index (χ1v) is 14.3. The molecule has 0 radical (unpaired) electrons. The summed E-state index contributed by atoms with van der Waals surface area (Å²) in [6, 6.07) is 12.4. The van der Waals surface area contributed by atoms with Gasteiger partial charge in [-0.2, -0.15) is 13.2 Å². The van der Waals surface area contributed by atoms with Gasteiger partial charge in [0.25, 0.3) is 10.0 Å². The molecular formula is C28H22ClF4N3O5S. The molecule has 0 saturated carbocycles. The molecule has 3 aromatic carbocycles. The number of allylic oxidation sites excluding steroid dienone is 1. The summed E-state index contributed by atoms with van der Waals surface area (Å²) in [4.78, 5) is 10.7. The number of benzene rings is 3. The number of aromatic nitrogens is 2. The van der Waals surface area contributed by atoms with Crippen LogP contribution >= 0.6 is 11.6 Å². The number of hydrogen-bond donors (Lipinski definition) is 1. The van der Waals surface area contributed by atoms with Crippen molar-refractivity contribution < 1.29 is 35.1 Å². The van der Waals surface area contributed by atoms with E-state index < -0.39 is 44.3 Å². The van der Waals surface area contributed by atoms with E-state index in [1.165, 1.54) is 30.3 Å². The Labute approximate surface area is 242 Å². The van der Waals surface area contributed by atoms with Crippen LogP contribution < -0.4 is 14.8 Å². The maximum absolute atomic E-state index is 14.5. The number of nitrogens with zero attached hydrogens (tertiary/aromatic N) is 2. The number of sulfonamides is 1. The highest BCUT2D eigenvalue weighted by Gasteiger charge is 2.37. The number of nitrogens with one attached hydrogen (secondary N) is 1. The zero-order chi connectivity index (χ0) is 30.2. The Balaban J connectivity index is 1.55. The lowest BCUT2D eigenvalue weighted by Crippen LogP contribution is -2.43. The minimum absolute atomic E-state index is 0.0798. The van der Waals surface area contributed by atoms with Crippen molar-refractivity contribution in [2.75, 3.05) is 10.8 Å². The Kier molecular flexibility index (Phi) is 7.90. The second-order valence-corrected chi connectivity index (χ2v) is 11.8. The van der Waals surface area contributed by atoms with E-state index in [0.717, 1.165) is 22.5 Å². The van der Waals surface area contributed by atoms with Gasteiger partial charge in [0, 0.05) is 12.0 Å². The summed E-state index contributed by atoms with van der Waals surface area (Å²) in [5, 5.41) is 6.05. The molecule has 0 saturated heterocycles. The number of halogens is 5. The molecule has 4 aromatic rings. The third-order valence-electron chi connectivity index (χ3n) is 6.57. The summed E-state index contributed by atoms with van der Waals surface area (Å²) >= 11 is 6.19. The second kappa shape index (κ2) is 11.3. The standard InChI is InChI=1S/C28H22ClF4N3O5S/c1-16(26-21(29)6-3-7-22(26)30)12-17-8-10-24-23(13-17)36(15-19(40-24)9-11-25-34-35-27(37)41-25)42(38,39)20-5-2-4-18(14-20)28(31,32)33/h2-8,10,12-14,19H,9,11,15H2,1H3,(H,35,37)/b16-12+/t19-/m0/s1. The number of rotatable bonds is 7. The summed E-state index contributed by atoms with van der Waals surface area (Å²) in [7, 11) is -4.52. The normalized spacial score (nSPS) is 15.8. The van der Waals surface area contributed by atoms with Gasteiger partial charge in [-0.3, -0.25) is 4.31 Å². The Hall–Kier alpha value is -4.10. The van der Waals surface area contributed by atoms with Crippen molar-refractivity contribution in [3.63, 3.8) is 0 Å². The molecule has 5 rings (SSSR count). The van der Waals surface area contributed by atoms with Gasteiger partial charge in [0.05, 0.1) is 27.7 Å². The van der Waals surface area contributed by atoms with Crippen molar-refractivity contribution in [3.8, 4) is 5.75 Å². The van der Waals surface area contributed by atoms with Gasteiger partial charge in [-0.1, -0.05) is 35.9 Å². The largest absolute Gasteiger partial charge is 0.486 e. The van der Waals surface area contributed by atoms with Crippen LogP contribution in [0.25, 0.3) is 11.6 Å². The van der Waals surface area contributed by atoms with Crippen LogP contribution in [-0.2, 0) is 22.6 Å². The lowest BCUT2D eigenvalue weighted by atomic mass is 10.0. The Bertz CT molecular complexity index is 1820. The molecule has 0 aliphatic carbocycles. The second-order valence-electron chi connectivity index (χ2n) is 9.50. The molecule has 1 aliphatic heterocycles. The molecule has 0 amide bonds. The fraction of sp³-hybridized carbons (Fsp3) is 0.214. The smallest absolute Gasteiger partial charge is 0.434 e. The summed E-state index contributed by atoms with van der Waals surface area (Å²) < 4.78 is 94.4. The Morgan fingerprint density at radius 2 is 1.93 bits per heavy atom. The molecule has 220 valence electrons. The molecule has 42 heavy (non-hydrogen) atoms. The van der Waals surface area contributed by atoms with Crippen LogP contribution in [0.5, 0.6) is 5.75 Å². The van der Waals surface area contributed by atoms with E-state index in [1.54, 1.807) is 19.1 Å². The van der Waals surface area contributed by atoms with Crippen molar-refractivity contribution in [1.82, 2.24) is 10.2 Å². The third-order valence-corrected chi connectivity index (χ3v) is 8.66. The SMILES string of the molecule is C/C(=C\c1ccc2c(c1)N(S(=O)(=O)c1cccc(C(F)(F)F)c1)C[C@H](CCc1n[nH]c(=O)o1)O2)c1c(F)cccc1Cl. The maximum atomic E-state index is 14.5. The van der Waals surface area contributed by atoms with Crippen LogP contribution in [0.2, 0.25) is 5.02 Å². The van der Waals surface area contributed by atoms with Crippen molar-refractivity contribution in [2.45, 2.75) is 36.9 Å². The highest BCUT2D eigenvalue weighted by molar-refractivity contribution is 7.92. The molecule has 0 unspecified atom stereocenters. The van der Waals surface area contributed by atoms with E-state index in [-0.39, 0.29) is 47.3 Å². The van der Waals surface area contributed by atoms with E-state index in [2.05, 4.69) is 10.2 Å². The molecule has 0 spiro atoms. The fourth-order valence-electron chi connectivity index (χ4n) is 4.61. The monoisotopic (exact) mass is 623 g/mol. The van der Waals surface area contributed by atoms with E-state index in [9.17, 15) is 30.8 Å². The van der Waals surface area contributed by atoms with Gasteiger partial charge >= 0.3 is 11.9 Å². The number of aryl methyl sites for hydroxylation is 1. The number of hydrogen-bond acceptors (Lipinski definition) is 6. The topological polar surface area (TPSA) is 106 Å². The Morgan fingerprint density at radius 3 is 2.62 bits per heavy atom. The van der Waals surface area contributed by atoms with Gasteiger partial charge in [-0.25, -0.2) is 22.7 Å². The lowest BCUT2D eigenvalue weighted by Gasteiger charge is -2.35. The summed E-state index contributed by atoms with van der Waals surface area (Å²) in [5.74, 6) is -1.04. The van der Waals surface area contributed by atoms with Crippen LogP contribution in [-0.4, -0.2) is 31.3 Å². The van der Waals surface area contributed by atoms with Crippen molar-refractivity contribution in [1.29, 1.82) is 0 Å². The summed E-state index contributed by atoms with van der Waals surface area (Å²) in [5.41, 5.74) is 0.0645. The van der Waals surface area contributed by atoms with Crippen LogP contribution in [0.4, 0.5) is 23.2 Å². The third kappa shape index (κ3) is 6.07. The molecular weight excluding hydrogens is 602 g/mol. The van der Waals surface area contributed by atoms with Gasteiger partial charge < -0.3 is 9.15 Å². The molecule has 1 aliphatic rings. The van der Waals surface area contributed by atoms with Gasteiger partial charge in [-0.15, -0.1) is 5.10 Å². The zero-order valence-corrected chi connectivity index (χ0v) is 23.4. The average Bonchev–Trinajstić information content (AvgIpc) is 3.36. The fourth-order valence-corrected chi connectivity index (χ4v) is 6.46. The predicted molar refractivity (Wildman–Crippen MR) is 147 cm³/mol. The van der Waals surface area contributed by atoms with Gasteiger partial charge in [0.15, 0.2) is 0 Å². The molecule has 2 heterocycles. The van der Waals surface area contributed by atoms with E-state index in [4.69, 9.17) is 20.8 Å². The number of ether oxygens (including phenoxy) is 1. The quantitative estimate of drug-likeness (QED) is 0.191. The number of H-pyrrole nitrogens is 1. The van der Waals surface area contributed by atoms with E-state index in [1.807, 2.05) is 0 Å². The average molecular weight is 624 g/mol.